The molecule has 5 aliphatic rings. The number of ketones is 1. The third kappa shape index (κ3) is 2.89. The molecule has 198 valence electrons. The van der Waals surface area contributed by atoms with Crippen molar-refractivity contribution < 1.29 is 19.8 Å². The second-order valence-electron chi connectivity index (χ2n) is 14.5. The molecular weight excluding hydrogens is 438 g/mol. The van der Waals surface area contributed by atoms with Crippen LogP contribution in [0.5, 0.6) is 0 Å². The Morgan fingerprint density at radius 2 is 1.74 bits per heavy atom. The van der Waals surface area contributed by atoms with Gasteiger partial charge >= 0.3 is 0 Å². The van der Waals surface area contributed by atoms with Gasteiger partial charge in [0.25, 0.3) is 0 Å². The molecule has 2 spiro atoms. The monoisotopic (exact) mass is 487 g/mol. The fraction of sp³-hybridized carbons (Fsp3) is 0.933. The van der Waals surface area contributed by atoms with Gasteiger partial charge in [-0.2, -0.15) is 0 Å². The summed E-state index contributed by atoms with van der Waals surface area (Å²) >= 11 is 0. The van der Waals surface area contributed by atoms with Crippen LogP contribution in [0, 0.1) is 56.7 Å². The van der Waals surface area contributed by atoms with Crippen LogP contribution in [0.15, 0.2) is 0 Å². The maximum atomic E-state index is 14.3. The van der Waals surface area contributed by atoms with E-state index in [1.54, 1.807) is 0 Å². The van der Waals surface area contributed by atoms with Gasteiger partial charge in [0.15, 0.2) is 0 Å². The van der Waals surface area contributed by atoms with Crippen LogP contribution in [0.2, 0.25) is 0 Å². The first kappa shape index (κ1) is 25.7. The van der Waals surface area contributed by atoms with Crippen molar-refractivity contribution in [3.63, 3.8) is 0 Å². The second-order valence-corrected chi connectivity index (χ2v) is 14.5. The van der Waals surface area contributed by atoms with Crippen LogP contribution in [0.4, 0.5) is 0 Å². The van der Waals surface area contributed by atoms with E-state index in [2.05, 4.69) is 39.9 Å². The van der Waals surface area contributed by atoms with Crippen molar-refractivity contribution in [3.8, 4) is 0 Å². The topological polar surface area (TPSA) is 86.6 Å². The molecule has 3 N–H and O–H groups in total. The lowest BCUT2D eigenvalue weighted by atomic mass is 9.41. The predicted molar refractivity (Wildman–Crippen MR) is 136 cm³/mol. The van der Waals surface area contributed by atoms with Crippen LogP contribution in [-0.4, -0.2) is 40.7 Å². The maximum absolute atomic E-state index is 14.3. The minimum absolute atomic E-state index is 0.0405. The molecule has 5 nitrogen and oxygen atoms in total. The largest absolute Gasteiger partial charge is 0.396 e. The third-order valence-corrected chi connectivity index (χ3v) is 13.2. The molecule has 5 fully saturated rings. The van der Waals surface area contributed by atoms with Crippen molar-refractivity contribution in [2.24, 2.45) is 56.7 Å². The van der Waals surface area contributed by atoms with Gasteiger partial charge < -0.3 is 15.5 Å². The normalized spacial score (nSPS) is 53.3. The van der Waals surface area contributed by atoms with Crippen molar-refractivity contribution in [3.05, 3.63) is 0 Å². The summed E-state index contributed by atoms with van der Waals surface area (Å²) in [5, 5.41) is 25.4. The van der Waals surface area contributed by atoms with Crippen LogP contribution >= 0.6 is 0 Å². The molecule has 5 aliphatic carbocycles. The summed E-state index contributed by atoms with van der Waals surface area (Å²) in [6.45, 7) is 15.2. The number of fused-ring (bicyclic) bond motifs is 2. The van der Waals surface area contributed by atoms with Crippen LogP contribution in [-0.2, 0) is 9.59 Å². The highest BCUT2D eigenvalue weighted by Gasteiger charge is 2.86. The molecule has 35 heavy (non-hydrogen) atoms. The van der Waals surface area contributed by atoms with Gasteiger partial charge in [0, 0.05) is 29.2 Å². The number of hydrogen-bond donors (Lipinski definition) is 3. The lowest BCUT2D eigenvalue weighted by Gasteiger charge is -2.62. The molecule has 4 unspecified atom stereocenters. The molecule has 0 saturated heterocycles. The summed E-state index contributed by atoms with van der Waals surface area (Å²) in [7, 11) is 0. The van der Waals surface area contributed by atoms with E-state index in [9.17, 15) is 19.8 Å². The molecule has 1 amide bonds. The van der Waals surface area contributed by atoms with Crippen LogP contribution in [0.3, 0.4) is 0 Å². The van der Waals surface area contributed by atoms with Crippen molar-refractivity contribution in [2.75, 3.05) is 6.61 Å². The van der Waals surface area contributed by atoms with Crippen molar-refractivity contribution in [2.45, 2.75) is 112 Å². The first-order valence-corrected chi connectivity index (χ1v) is 14.4. The molecule has 0 aliphatic heterocycles. The highest BCUT2D eigenvalue weighted by atomic mass is 16.3. The average Bonchev–Trinajstić information content (AvgIpc) is 3.44. The molecule has 5 rings (SSSR count). The molecule has 0 aromatic heterocycles. The van der Waals surface area contributed by atoms with Crippen molar-refractivity contribution >= 4 is 11.7 Å². The molecule has 5 saturated carbocycles. The van der Waals surface area contributed by atoms with Gasteiger partial charge in [-0.05, 0) is 78.4 Å². The fourth-order valence-electron chi connectivity index (χ4n) is 11.1. The smallest absolute Gasteiger partial charge is 0.222 e. The Balaban J connectivity index is 1.51. The molecule has 0 aromatic rings. The number of aliphatic hydroxyl groups excluding tert-OH is 2. The number of carbonyl (C=O) groups excluding carboxylic acids is 2. The molecule has 0 bridgehead atoms. The Morgan fingerprint density at radius 1 is 1.09 bits per heavy atom. The van der Waals surface area contributed by atoms with Crippen LogP contribution < -0.4 is 5.32 Å². The first-order valence-electron chi connectivity index (χ1n) is 14.4. The van der Waals surface area contributed by atoms with Crippen LogP contribution in [0.1, 0.15) is 99.8 Å². The number of carbonyl (C=O) groups is 2. The minimum atomic E-state index is -0.409. The number of rotatable bonds is 5. The van der Waals surface area contributed by atoms with E-state index in [4.69, 9.17) is 0 Å². The molecular formula is C30H49NO4. The predicted octanol–water partition coefficient (Wildman–Crippen LogP) is 4.73. The molecule has 0 radical (unpaired) electrons. The fourth-order valence-corrected chi connectivity index (χ4v) is 11.1. The lowest BCUT2D eigenvalue weighted by molar-refractivity contribution is -0.173. The SMILES string of the molecule is CCC(C)[C@H]1[C@H](O)C[C@@]2(C)C3CCC4C5(CC[C@H](NC(=O)C(C)C)[C@@]4(C)CO)C[C@@]35C(=O)C[C@]12C. The Labute approximate surface area is 212 Å². The summed E-state index contributed by atoms with van der Waals surface area (Å²) < 4.78 is 0. The zero-order valence-corrected chi connectivity index (χ0v) is 23.1. The van der Waals surface area contributed by atoms with E-state index in [1.165, 1.54) is 0 Å². The van der Waals surface area contributed by atoms with Crippen molar-refractivity contribution in [1.82, 2.24) is 5.32 Å². The molecule has 11 atom stereocenters. The summed E-state index contributed by atoms with van der Waals surface area (Å²) in [6, 6.07) is -0.0464. The van der Waals surface area contributed by atoms with Gasteiger partial charge in [0.1, 0.15) is 5.78 Å². The van der Waals surface area contributed by atoms with E-state index in [1.807, 2.05) is 13.8 Å². The molecule has 5 heteroatoms. The van der Waals surface area contributed by atoms with E-state index in [0.717, 1.165) is 44.9 Å². The molecule has 0 aromatic carbocycles. The Kier molecular flexibility index (Phi) is 5.72. The number of hydrogen-bond acceptors (Lipinski definition) is 4. The van der Waals surface area contributed by atoms with E-state index in [0.29, 0.717) is 24.0 Å². The Bertz CT molecular complexity index is 918. The quantitative estimate of drug-likeness (QED) is 0.523. The Morgan fingerprint density at radius 3 is 2.34 bits per heavy atom. The highest BCUT2D eigenvalue weighted by molar-refractivity contribution is 5.92. The molecule has 0 heterocycles. The number of amides is 1. The van der Waals surface area contributed by atoms with Gasteiger partial charge in [-0.25, -0.2) is 0 Å². The van der Waals surface area contributed by atoms with Gasteiger partial charge in [-0.1, -0.05) is 54.9 Å². The summed E-state index contributed by atoms with van der Waals surface area (Å²) in [6.07, 6.45) is 6.83. The minimum Gasteiger partial charge on any atom is -0.396 e. The van der Waals surface area contributed by atoms with Gasteiger partial charge in [0.05, 0.1) is 12.7 Å². The maximum Gasteiger partial charge on any atom is 0.222 e. The summed E-state index contributed by atoms with van der Waals surface area (Å²) in [5.41, 5.74) is -0.950. The second kappa shape index (κ2) is 7.79. The standard InChI is InChI=1S/C30H49NO4/c1-8-18(4)24-19(33)13-27(6)21-10-9-20-26(5,16-32)22(31-25(35)17(2)3)11-12-29(20)15-30(21,29)23(34)14-28(24,27)7/h17-22,24,32-33H,8-16H2,1-7H3,(H,31,35)/t18?,19-,20?,21?,22+,24+,26+,27+,28-,29?,30+/m1/s1. The van der Waals surface area contributed by atoms with E-state index in [-0.39, 0.29) is 64.1 Å². The van der Waals surface area contributed by atoms with Gasteiger partial charge in [-0.3, -0.25) is 9.59 Å². The number of nitrogens with one attached hydrogen (secondary N) is 1. The third-order valence-electron chi connectivity index (χ3n) is 13.2. The average molecular weight is 488 g/mol. The summed E-state index contributed by atoms with van der Waals surface area (Å²) in [5.74, 6) is 1.55. The number of Topliss-reactive ketones (excluding diaryl/α,β-unsaturated/α-hetero) is 1. The van der Waals surface area contributed by atoms with E-state index >= 15 is 0 Å². The van der Waals surface area contributed by atoms with E-state index < -0.39 is 5.41 Å². The van der Waals surface area contributed by atoms with Gasteiger partial charge in [0.2, 0.25) is 5.91 Å². The van der Waals surface area contributed by atoms with Crippen LogP contribution in [0.25, 0.3) is 0 Å². The zero-order chi connectivity index (χ0) is 25.8. The Hall–Kier alpha value is -0.940. The first-order chi connectivity index (χ1) is 16.3. The zero-order valence-electron chi connectivity index (χ0n) is 23.1. The highest BCUT2D eigenvalue weighted by Crippen LogP contribution is 2.88. The number of aliphatic hydroxyl groups is 2. The van der Waals surface area contributed by atoms with Crippen molar-refractivity contribution in [1.29, 1.82) is 0 Å². The lowest BCUT2D eigenvalue weighted by Crippen LogP contribution is -2.63. The summed E-state index contributed by atoms with van der Waals surface area (Å²) in [4.78, 5) is 26.9. The van der Waals surface area contributed by atoms with Gasteiger partial charge in [-0.15, -0.1) is 0 Å².